The molecular formula is C18H38MgO4. The second kappa shape index (κ2) is 20.2. The maximum absolute atomic E-state index is 10.4. The van der Waals surface area contributed by atoms with E-state index >= 15 is 0 Å². The van der Waals surface area contributed by atoms with Crippen LogP contribution >= 0.6 is 0 Å². The highest BCUT2D eigenvalue weighted by Gasteiger charge is 2.11. The summed E-state index contributed by atoms with van der Waals surface area (Å²) in [6.45, 7) is 0.333. The molecule has 0 fully saturated rings. The lowest BCUT2D eigenvalue weighted by atomic mass is 10.0. The van der Waals surface area contributed by atoms with E-state index in [9.17, 15) is 4.79 Å². The first-order valence-electron chi connectivity index (χ1n) is 9.20. The first-order valence-corrected chi connectivity index (χ1v) is 9.20. The molecule has 3 N–H and O–H groups in total. The van der Waals surface area contributed by atoms with Crippen molar-refractivity contribution < 1.29 is 20.1 Å². The summed E-state index contributed by atoms with van der Waals surface area (Å²) < 4.78 is 0. The minimum atomic E-state index is -1.18. The third-order valence-electron chi connectivity index (χ3n) is 4.17. The minimum Gasteiger partial charge on any atom is -0.479 e. The van der Waals surface area contributed by atoms with Gasteiger partial charge >= 0.3 is 29.0 Å². The van der Waals surface area contributed by atoms with Crippen molar-refractivity contribution in [3.63, 3.8) is 0 Å². The van der Waals surface area contributed by atoms with E-state index in [0.29, 0.717) is 13.0 Å². The average molecular weight is 343 g/mol. The van der Waals surface area contributed by atoms with Gasteiger partial charge in [-0.1, -0.05) is 83.5 Å². The number of carboxylic acid groups (broad SMARTS) is 1. The molecule has 0 aliphatic heterocycles. The van der Waals surface area contributed by atoms with Crippen LogP contribution in [-0.4, -0.2) is 57.1 Å². The van der Waals surface area contributed by atoms with Gasteiger partial charge in [0.05, 0.1) is 0 Å². The topological polar surface area (TPSA) is 77.8 Å². The fourth-order valence-corrected chi connectivity index (χ4v) is 2.69. The molecule has 0 aromatic heterocycles. The Kier molecular flexibility index (Phi) is 22.3. The third kappa shape index (κ3) is 20.1. The molecule has 0 spiro atoms. The zero-order chi connectivity index (χ0) is 16.5. The summed E-state index contributed by atoms with van der Waals surface area (Å²) >= 11 is 0. The number of carboxylic acids is 1. The molecule has 0 rings (SSSR count). The predicted molar refractivity (Wildman–Crippen MR) is 98.5 cm³/mol. The van der Waals surface area contributed by atoms with Crippen molar-refractivity contribution in [2.45, 2.75) is 102 Å². The van der Waals surface area contributed by atoms with Crippen LogP contribution in [0.25, 0.3) is 0 Å². The van der Waals surface area contributed by atoms with Gasteiger partial charge in [0.15, 0.2) is 6.10 Å². The molecule has 0 saturated heterocycles. The molecule has 4 nitrogen and oxygen atoms in total. The largest absolute Gasteiger partial charge is 0.479 e. The van der Waals surface area contributed by atoms with Crippen molar-refractivity contribution in [3.8, 4) is 0 Å². The highest BCUT2D eigenvalue weighted by atomic mass is 24.3. The Hall–Kier alpha value is 0.156. The Labute approximate surface area is 158 Å². The highest BCUT2D eigenvalue weighted by Crippen LogP contribution is 2.13. The summed E-state index contributed by atoms with van der Waals surface area (Å²) in [4.78, 5) is 10.4. The first-order chi connectivity index (χ1) is 10.7. The summed E-state index contributed by atoms with van der Waals surface area (Å²) in [5.74, 6) is -1.10. The zero-order valence-corrected chi connectivity index (χ0v) is 14.1. The molecule has 0 radical (unpaired) electrons. The minimum absolute atomic E-state index is 0. The monoisotopic (exact) mass is 342 g/mol. The Morgan fingerprint density at radius 3 is 1.26 bits per heavy atom. The lowest BCUT2D eigenvalue weighted by Gasteiger charge is -2.05. The quantitative estimate of drug-likeness (QED) is 0.280. The molecule has 0 heterocycles. The molecule has 0 aliphatic rings. The van der Waals surface area contributed by atoms with E-state index < -0.39 is 12.1 Å². The molecule has 0 aliphatic carbocycles. The maximum Gasteiger partial charge on any atom is 0.332 e. The SMILES string of the molecule is O=C(O)C(O)CCCCCCCCCCCCCCCCO.[MgH2]. The molecule has 0 bridgehead atoms. The second-order valence-corrected chi connectivity index (χ2v) is 6.32. The normalized spacial score (nSPS) is 11.9. The molecule has 1 atom stereocenters. The van der Waals surface area contributed by atoms with Gasteiger partial charge < -0.3 is 15.3 Å². The average Bonchev–Trinajstić information content (AvgIpc) is 2.50. The van der Waals surface area contributed by atoms with Gasteiger partial charge in [0.1, 0.15) is 0 Å². The number of aliphatic hydroxyl groups excluding tert-OH is 2. The molecule has 0 amide bonds. The van der Waals surface area contributed by atoms with E-state index in [4.69, 9.17) is 15.3 Å². The Morgan fingerprint density at radius 2 is 0.957 bits per heavy atom. The fourth-order valence-electron chi connectivity index (χ4n) is 2.69. The molecule has 0 saturated carbocycles. The maximum atomic E-state index is 10.4. The van der Waals surface area contributed by atoms with Crippen LogP contribution in [0.15, 0.2) is 0 Å². The van der Waals surface area contributed by atoms with Gasteiger partial charge in [0, 0.05) is 6.61 Å². The summed E-state index contributed by atoms with van der Waals surface area (Å²) in [7, 11) is 0. The van der Waals surface area contributed by atoms with Gasteiger partial charge in [-0.05, 0) is 12.8 Å². The van der Waals surface area contributed by atoms with Crippen LogP contribution in [0.5, 0.6) is 0 Å². The summed E-state index contributed by atoms with van der Waals surface area (Å²) in [6, 6.07) is 0. The lowest BCUT2D eigenvalue weighted by molar-refractivity contribution is -0.146. The molecule has 136 valence electrons. The van der Waals surface area contributed by atoms with Crippen LogP contribution in [0.3, 0.4) is 0 Å². The van der Waals surface area contributed by atoms with Crippen LogP contribution in [0.2, 0.25) is 0 Å². The number of aliphatic hydroxyl groups is 2. The Bertz CT molecular complexity index is 249. The molecule has 23 heavy (non-hydrogen) atoms. The number of hydrogen-bond donors (Lipinski definition) is 3. The van der Waals surface area contributed by atoms with Crippen molar-refractivity contribution >= 4 is 29.0 Å². The van der Waals surface area contributed by atoms with E-state index in [1.807, 2.05) is 0 Å². The van der Waals surface area contributed by atoms with E-state index in [1.54, 1.807) is 0 Å². The van der Waals surface area contributed by atoms with E-state index in [-0.39, 0.29) is 23.1 Å². The van der Waals surface area contributed by atoms with Crippen LogP contribution in [0, 0.1) is 0 Å². The molecule has 0 aromatic carbocycles. The van der Waals surface area contributed by atoms with Gasteiger partial charge in [0.2, 0.25) is 0 Å². The van der Waals surface area contributed by atoms with Crippen molar-refractivity contribution in [2.75, 3.05) is 6.61 Å². The third-order valence-corrected chi connectivity index (χ3v) is 4.17. The molecule has 0 aromatic rings. The van der Waals surface area contributed by atoms with Gasteiger partial charge in [-0.3, -0.25) is 0 Å². The van der Waals surface area contributed by atoms with E-state index in [2.05, 4.69) is 0 Å². The van der Waals surface area contributed by atoms with Crippen molar-refractivity contribution in [1.29, 1.82) is 0 Å². The number of rotatable bonds is 17. The predicted octanol–water partition coefficient (Wildman–Crippen LogP) is 3.36. The van der Waals surface area contributed by atoms with Gasteiger partial charge in [0.25, 0.3) is 0 Å². The number of aliphatic carboxylic acids is 1. The lowest BCUT2D eigenvalue weighted by Crippen LogP contribution is -2.18. The van der Waals surface area contributed by atoms with Crippen LogP contribution < -0.4 is 0 Å². The Morgan fingerprint density at radius 1 is 0.652 bits per heavy atom. The summed E-state index contributed by atoms with van der Waals surface area (Å²) in [5, 5.41) is 26.3. The van der Waals surface area contributed by atoms with E-state index in [1.165, 1.54) is 64.2 Å². The fraction of sp³-hybridized carbons (Fsp3) is 0.944. The number of hydrogen-bond acceptors (Lipinski definition) is 3. The van der Waals surface area contributed by atoms with Crippen molar-refractivity contribution in [3.05, 3.63) is 0 Å². The smallest absolute Gasteiger partial charge is 0.332 e. The molecule has 1 unspecified atom stereocenters. The number of carbonyl (C=O) groups is 1. The van der Waals surface area contributed by atoms with Gasteiger partial charge in [-0.25, -0.2) is 4.79 Å². The molecular weight excluding hydrogens is 304 g/mol. The van der Waals surface area contributed by atoms with Crippen LogP contribution in [-0.2, 0) is 4.79 Å². The highest BCUT2D eigenvalue weighted by molar-refractivity contribution is 5.75. The Balaban J connectivity index is 0. The van der Waals surface area contributed by atoms with Crippen LogP contribution in [0.1, 0.15) is 96.3 Å². The second-order valence-electron chi connectivity index (χ2n) is 6.32. The zero-order valence-electron chi connectivity index (χ0n) is 14.1. The van der Waals surface area contributed by atoms with Crippen molar-refractivity contribution in [1.82, 2.24) is 0 Å². The van der Waals surface area contributed by atoms with E-state index in [0.717, 1.165) is 25.7 Å². The molecule has 5 heteroatoms. The van der Waals surface area contributed by atoms with Gasteiger partial charge in [-0.2, -0.15) is 0 Å². The summed E-state index contributed by atoms with van der Waals surface area (Å²) in [5.41, 5.74) is 0. The number of unbranched alkanes of at least 4 members (excludes halogenated alkanes) is 13. The summed E-state index contributed by atoms with van der Waals surface area (Å²) in [6.07, 6.45) is 16.0. The van der Waals surface area contributed by atoms with Crippen LogP contribution in [0.4, 0.5) is 0 Å². The first kappa shape index (κ1) is 25.4. The van der Waals surface area contributed by atoms with Crippen molar-refractivity contribution in [2.24, 2.45) is 0 Å². The van der Waals surface area contributed by atoms with Gasteiger partial charge in [-0.15, -0.1) is 0 Å². The standard InChI is InChI=1S/C18H36O4.Mg.2H/c19-16-14-12-10-8-6-4-2-1-3-5-7-9-11-13-15-17(20)18(21)22;;;/h17,19-20H,1-16H2,(H,21,22);;;.